The minimum atomic E-state index is -0.00239. The fourth-order valence-electron chi connectivity index (χ4n) is 2.12. The fourth-order valence-corrected chi connectivity index (χ4v) is 2.78. The summed E-state index contributed by atoms with van der Waals surface area (Å²) in [5, 5.41) is 0.850. The zero-order chi connectivity index (χ0) is 13.1. The largest absolute Gasteiger partial charge is 0.488 e. The van der Waals surface area contributed by atoms with Crippen LogP contribution in [-0.2, 0) is 11.2 Å². The van der Waals surface area contributed by atoms with Crippen molar-refractivity contribution in [3.05, 3.63) is 28.8 Å². The average molecular weight is 289 g/mol. The van der Waals surface area contributed by atoms with Crippen molar-refractivity contribution in [2.75, 3.05) is 6.61 Å². The molecule has 0 aromatic heterocycles. The van der Waals surface area contributed by atoms with E-state index in [-0.39, 0.29) is 17.6 Å². The highest BCUT2D eigenvalue weighted by Crippen LogP contribution is 2.34. The van der Waals surface area contributed by atoms with E-state index in [1.165, 1.54) is 0 Å². The lowest BCUT2D eigenvalue weighted by atomic mass is 9.91. The van der Waals surface area contributed by atoms with Crippen LogP contribution in [0, 0.1) is 0 Å². The summed E-state index contributed by atoms with van der Waals surface area (Å²) in [6, 6.07) is 5.77. The number of hydrogen-bond donors (Lipinski definition) is 0. The standard InChI is InChI=1S/C14H18Cl2O2/c1-3-9-7-10(5-6-11(9)15)18-13-8-12(16)14(13)17-4-2/h5-7,12-14H,3-4,8H2,1-2H3. The van der Waals surface area contributed by atoms with Gasteiger partial charge in [-0.15, -0.1) is 11.6 Å². The van der Waals surface area contributed by atoms with Gasteiger partial charge in [-0.05, 0) is 37.1 Å². The molecule has 1 aliphatic carbocycles. The van der Waals surface area contributed by atoms with E-state index in [0.29, 0.717) is 6.61 Å². The average Bonchev–Trinajstić information content (AvgIpc) is 2.37. The molecule has 1 aliphatic rings. The molecular weight excluding hydrogens is 271 g/mol. The first-order valence-electron chi connectivity index (χ1n) is 6.36. The van der Waals surface area contributed by atoms with Crippen LogP contribution in [0.15, 0.2) is 18.2 Å². The number of ether oxygens (including phenoxy) is 2. The third kappa shape index (κ3) is 2.93. The van der Waals surface area contributed by atoms with Crippen LogP contribution in [-0.4, -0.2) is 24.2 Å². The summed E-state index contributed by atoms with van der Waals surface area (Å²) in [5.74, 6) is 0.842. The van der Waals surface area contributed by atoms with Gasteiger partial charge in [0.25, 0.3) is 0 Å². The molecule has 0 aliphatic heterocycles. The Morgan fingerprint density at radius 2 is 2.11 bits per heavy atom. The Morgan fingerprint density at radius 1 is 1.33 bits per heavy atom. The molecule has 0 bridgehead atoms. The van der Waals surface area contributed by atoms with Crippen molar-refractivity contribution in [2.24, 2.45) is 0 Å². The van der Waals surface area contributed by atoms with Crippen LogP contribution in [0.3, 0.4) is 0 Å². The Hall–Kier alpha value is -0.440. The molecule has 3 atom stereocenters. The summed E-state index contributed by atoms with van der Waals surface area (Å²) < 4.78 is 11.5. The van der Waals surface area contributed by atoms with E-state index in [2.05, 4.69) is 6.92 Å². The second-order valence-electron chi connectivity index (χ2n) is 4.43. The third-order valence-electron chi connectivity index (χ3n) is 3.23. The second kappa shape index (κ2) is 6.14. The highest BCUT2D eigenvalue weighted by Gasteiger charge is 2.42. The topological polar surface area (TPSA) is 18.5 Å². The molecule has 0 heterocycles. The van der Waals surface area contributed by atoms with E-state index < -0.39 is 0 Å². The number of halogens is 2. The van der Waals surface area contributed by atoms with E-state index in [0.717, 1.165) is 29.2 Å². The fraction of sp³-hybridized carbons (Fsp3) is 0.571. The van der Waals surface area contributed by atoms with Crippen LogP contribution in [0.2, 0.25) is 5.02 Å². The molecule has 0 N–H and O–H groups in total. The number of hydrogen-bond acceptors (Lipinski definition) is 2. The van der Waals surface area contributed by atoms with Gasteiger partial charge in [0.15, 0.2) is 0 Å². The molecule has 1 aromatic rings. The van der Waals surface area contributed by atoms with Crippen LogP contribution >= 0.6 is 23.2 Å². The van der Waals surface area contributed by atoms with Gasteiger partial charge < -0.3 is 9.47 Å². The van der Waals surface area contributed by atoms with Crippen molar-refractivity contribution in [1.82, 2.24) is 0 Å². The molecule has 1 aromatic carbocycles. The smallest absolute Gasteiger partial charge is 0.128 e. The van der Waals surface area contributed by atoms with Crippen LogP contribution < -0.4 is 4.74 Å². The van der Waals surface area contributed by atoms with Gasteiger partial charge >= 0.3 is 0 Å². The Morgan fingerprint density at radius 3 is 2.72 bits per heavy atom. The molecule has 0 radical (unpaired) electrons. The second-order valence-corrected chi connectivity index (χ2v) is 5.40. The molecule has 3 unspecified atom stereocenters. The molecule has 18 heavy (non-hydrogen) atoms. The predicted octanol–water partition coefficient (Wildman–Crippen LogP) is 4.07. The molecule has 4 heteroatoms. The normalized spacial score (nSPS) is 26.8. The molecule has 100 valence electrons. The Labute approximate surface area is 118 Å². The highest BCUT2D eigenvalue weighted by molar-refractivity contribution is 6.31. The number of benzene rings is 1. The molecule has 2 nitrogen and oxygen atoms in total. The van der Waals surface area contributed by atoms with Crippen LogP contribution in [0.5, 0.6) is 5.75 Å². The lowest BCUT2D eigenvalue weighted by molar-refractivity contribution is -0.0759. The summed E-state index contributed by atoms with van der Waals surface area (Å²) in [4.78, 5) is 0. The zero-order valence-electron chi connectivity index (χ0n) is 10.7. The predicted molar refractivity (Wildman–Crippen MR) is 74.9 cm³/mol. The first kappa shape index (κ1) is 14.0. The van der Waals surface area contributed by atoms with Crippen molar-refractivity contribution in [3.8, 4) is 5.75 Å². The van der Waals surface area contributed by atoms with E-state index >= 15 is 0 Å². The summed E-state index contributed by atoms with van der Waals surface area (Å²) in [5.41, 5.74) is 1.10. The Bertz CT molecular complexity index is 409. The lowest BCUT2D eigenvalue weighted by Gasteiger charge is -2.40. The van der Waals surface area contributed by atoms with Crippen molar-refractivity contribution < 1.29 is 9.47 Å². The zero-order valence-corrected chi connectivity index (χ0v) is 12.2. The van der Waals surface area contributed by atoms with Crippen molar-refractivity contribution in [1.29, 1.82) is 0 Å². The van der Waals surface area contributed by atoms with E-state index in [1.54, 1.807) is 0 Å². The quantitative estimate of drug-likeness (QED) is 0.761. The molecular formula is C14H18Cl2O2. The van der Waals surface area contributed by atoms with Crippen molar-refractivity contribution in [2.45, 2.75) is 44.3 Å². The maximum absolute atomic E-state index is 6.11. The molecule has 2 rings (SSSR count). The Balaban J connectivity index is 2.01. The number of aryl methyl sites for hydroxylation is 1. The van der Waals surface area contributed by atoms with Gasteiger partial charge in [0.1, 0.15) is 18.0 Å². The Kier molecular flexibility index (Phi) is 4.77. The summed E-state index contributed by atoms with van der Waals surface area (Å²) in [6.07, 6.45) is 1.78. The van der Waals surface area contributed by atoms with Gasteiger partial charge in [-0.1, -0.05) is 18.5 Å². The first-order valence-corrected chi connectivity index (χ1v) is 7.17. The monoisotopic (exact) mass is 288 g/mol. The van der Waals surface area contributed by atoms with Gasteiger partial charge in [0.05, 0.1) is 5.38 Å². The van der Waals surface area contributed by atoms with E-state index in [9.17, 15) is 0 Å². The molecule has 0 spiro atoms. The van der Waals surface area contributed by atoms with Gasteiger partial charge in [-0.3, -0.25) is 0 Å². The van der Waals surface area contributed by atoms with Crippen LogP contribution in [0.25, 0.3) is 0 Å². The number of alkyl halides is 1. The van der Waals surface area contributed by atoms with Gasteiger partial charge in [0, 0.05) is 18.1 Å². The third-order valence-corrected chi connectivity index (χ3v) is 4.02. The van der Waals surface area contributed by atoms with Gasteiger partial charge in [-0.25, -0.2) is 0 Å². The number of rotatable bonds is 5. The minimum Gasteiger partial charge on any atom is -0.488 e. The van der Waals surface area contributed by atoms with Gasteiger partial charge in [0.2, 0.25) is 0 Å². The summed E-state index contributed by atoms with van der Waals surface area (Å²) in [6.45, 7) is 4.71. The maximum atomic E-state index is 6.11. The summed E-state index contributed by atoms with van der Waals surface area (Å²) >= 11 is 12.2. The van der Waals surface area contributed by atoms with Crippen LogP contribution in [0.4, 0.5) is 0 Å². The van der Waals surface area contributed by atoms with Crippen LogP contribution in [0.1, 0.15) is 25.8 Å². The summed E-state index contributed by atoms with van der Waals surface area (Å²) in [7, 11) is 0. The molecule has 0 saturated heterocycles. The molecule has 0 amide bonds. The first-order chi connectivity index (χ1) is 8.65. The highest BCUT2D eigenvalue weighted by atomic mass is 35.5. The SMILES string of the molecule is CCOC1C(Cl)CC1Oc1ccc(Cl)c(CC)c1. The molecule has 1 saturated carbocycles. The van der Waals surface area contributed by atoms with E-state index in [1.807, 2.05) is 25.1 Å². The lowest BCUT2D eigenvalue weighted by Crippen LogP contribution is -2.52. The molecule has 1 fully saturated rings. The van der Waals surface area contributed by atoms with Gasteiger partial charge in [-0.2, -0.15) is 0 Å². The van der Waals surface area contributed by atoms with E-state index in [4.69, 9.17) is 32.7 Å². The van der Waals surface area contributed by atoms with Crippen molar-refractivity contribution >= 4 is 23.2 Å². The minimum absolute atomic E-state index is 0.00239. The maximum Gasteiger partial charge on any atom is 0.128 e. The van der Waals surface area contributed by atoms with Crippen molar-refractivity contribution in [3.63, 3.8) is 0 Å².